The monoisotopic (exact) mass is 588 g/mol. The van der Waals surface area contributed by atoms with E-state index in [4.69, 9.17) is 5.73 Å². The Morgan fingerprint density at radius 1 is 1.07 bits per heavy atom. The molecule has 6 amide bonds. The minimum absolute atomic E-state index is 0.0706. The van der Waals surface area contributed by atoms with E-state index in [0.717, 1.165) is 0 Å². The summed E-state index contributed by atoms with van der Waals surface area (Å²) in [6.07, 6.45) is 2.99. The first kappa shape index (κ1) is 33.1. The molecule has 1 aliphatic heterocycles. The van der Waals surface area contributed by atoms with E-state index in [1.165, 1.54) is 9.80 Å². The average molecular weight is 589 g/mol. The lowest BCUT2D eigenvalue weighted by molar-refractivity contribution is -0.145. The Morgan fingerprint density at radius 2 is 1.67 bits per heavy atom. The smallest absolute Gasteiger partial charge is 0.316 e. The third kappa shape index (κ3) is 6.78. The van der Waals surface area contributed by atoms with Crippen molar-refractivity contribution in [1.82, 2.24) is 25.8 Å². The predicted octanol–water partition coefficient (Wildman–Crippen LogP) is 0.802. The number of nitrogens with one attached hydrogen (secondary N) is 3. The molecule has 12 nitrogen and oxygen atoms in total. The first-order valence-electron chi connectivity index (χ1n) is 14.7. The van der Waals surface area contributed by atoms with Gasteiger partial charge in [0.15, 0.2) is 0 Å². The van der Waals surface area contributed by atoms with Gasteiger partial charge in [-0.3, -0.25) is 24.0 Å². The summed E-state index contributed by atoms with van der Waals surface area (Å²) in [6.45, 7) is 17.4. The number of primary amides is 1. The SMILES string of the molecule is C=CCN(C)C(=O)[C@@H](NC(=O)N[C@H](C(=O)N1C[C@H]2[C@@H]([C@H]1C(=O)NC(C(=O)C(N)=O)C1CC1)C2(C)C)C(C)(C)C)C(C)C. The van der Waals surface area contributed by atoms with Gasteiger partial charge in [-0.05, 0) is 47.3 Å². The molecule has 2 aliphatic carbocycles. The van der Waals surface area contributed by atoms with Gasteiger partial charge in [0, 0.05) is 20.1 Å². The molecule has 1 saturated heterocycles. The van der Waals surface area contributed by atoms with Crippen LogP contribution in [0.5, 0.6) is 0 Å². The van der Waals surface area contributed by atoms with E-state index < -0.39 is 59.1 Å². The van der Waals surface area contributed by atoms with Gasteiger partial charge in [0.2, 0.25) is 23.5 Å². The fourth-order valence-electron chi connectivity index (χ4n) is 6.20. The molecule has 0 aromatic carbocycles. The van der Waals surface area contributed by atoms with Gasteiger partial charge in [-0.25, -0.2) is 4.79 Å². The second-order valence-corrected chi connectivity index (χ2v) is 14.1. The molecular weight excluding hydrogens is 540 g/mol. The van der Waals surface area contributed by atoms with Crippen molar-refractivity contribution in [2.24, 2.45) is 40.2 Å². The number of ketones is 1. The highest BCUT2D eigenvalue weighted by Gasteiger charge is 2.70. The summed E-state index contributed by atoms with van der Waals surface area (Å²) >= 11 is 0. The second-order valence-electron chi connectivity index (χ2n) is 14.1. The zero-order valence-electron chi connectivity index (χ0n) is 26.2. The van der Waals surface area contributed by atoms with Gasteiger partial charge >= 0.3 is 6.03 Å². The molecular formula is C30H48N6O6. The van der Waals surface area contributed by atoms with Crippen molar-refractivity contribution in [2.45, 2.75) is 85.5 Å². The number of piperidine rings is 1. The van der Waals surface area contributed by atoms with Crippen molar-refractivity contribution < 1.29 is 28.8 Å². The molecule has 1 unspecified atom stereocenters. The van der Waals surface area contributed by atoms with E-state index in [1.807, 2.05) is 48.5 Å². The normalized spacial score (nSPS) is 24.5. The number of fused-ring (bicyclic) bond motifs is 1. The van der Waals surface area contributed by atoms with E-state index >= 15 is 0 Å². The molecule has 0 aromatic rings. The Labute approximate surface area is 248 Å². The van der Waals surface area contributed by atoms with Crippen LogP contribution in [-0.2, 0) is 24.0 Å². The fraction of sp³-hybridized carbons (Fsp3) is 0.733. The molecule has 3 rings (SSSR count). The zero-order chi connectivity index (χ0) is 31.9. The van der Waals surface area contributed by atoms with Gasteiger partial charge in [-0.2, -0.15) is 0 Å². The van der Waals surface area contributed by atoms with Gasteiger partial charge < -0.3 is 31.5 Å². The summed E-state index contributed by atoms with van der Waals surface area (Å²) in [4.78, 5) is 81.1. The summed E-state index contributed by atoms with van der Waals surface area (Å²) in [5.41, 5.74) is 4.31. The number of rotatable bonds is 12. The van der Waals surface area contributed by atoms with Crippen LogP contribution in [0, 0.1) is 34.5 Å². The summed E-state index contributed by atoms with van der Waals surface area (Å²) in [7, 11) is 1.62. The van der Waals surface area contributed by atoms with Crippen molar-refractivity contribution in [3.8, 4) is 0 Å². The fourth-order valence-corrected chi connectivity index (χ4v) is 6.20. The van der Waals surface area contributed by atoms with E-state index in [2.05, 4.69) is 22.5 Å². The van der Waals surface area contributed by atoms with Crippen molar-refractivity contribution in [1.29, 1.82) is 0 Å². The molecule has 12 heteroatoms. The highest BCUT2D eigenvalue weighted by Crippen LogP contribution is 2.65. The van der Waals surface area contributed by atoms with Crippen LogP contribution in [0.25, 0.3) is 0 Å². The molecule has 0 bridgehead atoms. The van der Waals surface area contributed by atoms with Crippen molar-refractivity contribution in [3.05, 3.63) is 12.7 Å². The maximum absolute atomic E-state index is 14.1. The van der Waals surface area contributed by atoms with Gasteiger partial charge in [0.1, 0.15) is 24.2 Å². The highest BCUT2D eigenvalue weighted by molar-refractivity contribution is 6.38. The Balaban J connectivity index is 1.82. The summed E-state index contributed by atoms with van der Waals surface area (Å²) < 4.78 is 0. The number of nitrogens with two attached hydrogens (primary N) is 1. The number of Topliss-reactive ketones (excluding diaryl/α,β-unsaturated/α-hetero) is 1. The summed E-state index contributed by atoms with van der Waals surface area (Å²) in [6, 6.07) is -4.40. The number of amides is 6. The number of hydrogen-bond acceptors (Lipinski definition) is 6. The van der Waals surface area contributed by atoms with Gasteiger partial charge in [0.25, 0.3) is 5.91 Å². The summed E-state index contributed by atoms with van der Waals surface area (Å²) in [5.74, 6) is -3.60. The number of carbonyl (C=O) groups is 6. The van der Waals surface area contributed by atoms with E-state index in [9.17, 15) is 28.8 Å². The maximum atomic E-state index is 14.1. The molecule has 0 spiro atoms. The molecule has 0 radical (unpaired) electrons. The third-order valence-electron chi connectivity index (χ3n) is 9.06. The Kier molecular flexibility index (Phi) is 9.48. The lowest BCUT2D eigenvalue weighted by atomic mass is 9.85. The largest absolute Gasteiger partial charge is 0.363 e. The maximum Gasteiger partial charge on any atom is 0.316 e. The molecule has 234 valence electrons. The number of carbonyl (C=O) groups excluding carboxylic acids is 6. The van der Waals surface area contributed by atoms with Crippen LogP contribution in [0.15, 0.2) is 12.7 Å². The quantitative estimate of drug-likeness (QED) is 0.194. The first-order valence-corrected chi connectivity index (χ1v) is 14.7. The van der Waals surface area contributed by atoms with Gasteiger partial charge in [0.05, 0.1) is 0 Å². The Bertz CT molecular complexity index is 1140. The predicted molar refractivity (Wildman–Crippen MR) is 156 cm³/mol. The van der Waals surface area contributed by atoms with Crippen molar-refractivity contribution >= 4 is 35.4 Å². The molecule has 42 heavy (non-hydrogen) atoms. The van der Waals surface area contributed by atoms with E-state index in [0.29, 0.717) is 25.9 Å². The molecule has 3 aliphatic rings. The molecule has 0 aromatic heterocycles. The lowest BCUT2D eigenvalue weighted by Crippen LogP contribution is -2.62. The zero-order valence-corrected chi connectivity index (χ0v) is 26.2. The second kappa shape index (κ2) is 12.0. The first-order chi connectivity index (χ1) is 19.3. The van der Waals surface area contributed by atoms with E-state index in [-0.39, 0.29) is 35.0 Å². The van der Waals surface area contributed by atoms with Gasteiger partial charge in [-0.1, -0.05) is 54.5 Å². The van der Waals surface area contributed by atoms with Crippen LogP contribution in [0.3, 0.4) is 0 Å². The lowest BCUT2D eigenvalue weighted by Gasteiger charge is -2.38. The molecule has 1 heterocycles. The number of likely N-dealkylation sites (N-methyl/N-ethyl adjacent to an activating group) is 1. The standard InChI is InChI=1S/C30H48N6O6/c1-10-13-35(9)26(40)19(15(2)3)33-28(42)34-23(29(4,5)6)27(41)36-14-17-18(30(17,7)8)21(36)25(39)32-20(16-11-12-16)22(37)24(31)38/h10,15-21,23H,1,11-14H2,2-9H3,(H2,31,38)(H,32,39)(H2,33,34,42)/t17-,18-,19-,20?,21-,23+/m0/s1. The van der Waals surface area contributed by atoms with Crippen LogP contribution in [-0.4, -0.2) is 89.5 Å². The average Bonchev–Trinajstić information content (AvgIpc) is 3.75. The molecule has 6 atom stereocenters. The van der Waals surface area contributed by atoms with Crippen LogP contribution in [0.4, 0.5) is 4.79 Å². The van der Waals surface area contributed by atoms with Crippen LogP contribution in [0.2, 0.25) is 0 Å². The number of nitrogens with zero attached hydrogens (tertiary/aromatic N) is 2. The minimum Gasteiger partial charge on any atom is -0.363 e. The third-order valence-corrected chi connectivity index (χ3v) is 9.06. The van der Waals surface area contributed by atoms with Crippen molar-refractivity contribution in [2.75, 3.05) is 20.1 Å². The topological polar surface area (TPSA) is 171 Å². The minimum atomic E-state index is -1.10. The number of urea groups is 1. The summed E-state index contributed by atoms with van der Waals surface area (Å²) in [5, 5.41) is 8.25. The number of hydrogen-bond donors (Lipinski definition) is 4. The van der Waals surface area contributed by atoms with Crippen LogP contribution < -0.4 is 21.7 Å². The Morgan fingerprint density at radius 3 is 2.14 bits per heavy atom. The Hall–Kier alpha value is -3.44. The van der Waals surface area contributed by atoms with Gasteiger partial charge in [-0.15, -0.1) is 6.58 Å². The molecule has 3 fully saturated rings. The van der Waals surface area contributed by atoms with Crippen LogP contribution in [0.1, 0.15) is 61.3 Å². The van der Waals surface area contributed by atoms with E-state index in [1.54, 1.807) is 13.1 Å². The molecule has 2 saturated carbocycles. The molecule has 5 N–H and O–H groups in total. The number of likely N-dealkylation sites (tertiary alicyclic amines) is 1. The highest BCUT2D eigenvalue weighted by atomic mass is 16.2. The van der Waals surface area contributed by atoms with Crippen LogP contribution >= 0.6 is 0 Å². The van der Waals surface area contributed by atoms with Crippen molar-refractivity contribution in [3.63, 3.8) is 0 Å².